The van der Waals surface area contributed by atoms with Gasteiger partial charge in [-0.3, -0.25) is 4.98 Å². The van der Waals surface area contributed by atoms with Crippen LogP contribution in [0.3, 0.4) is 0 Å². The molecule has 2 rings (SSSR count). The molecule has 2 N–H and O–H groups in total. The first kappa shape index (κ1) is 11.6. The van der Waals surface area contributed by atoms with Gasteiger partial charge >= 0.3 is 0 Å². The van der Waals surface area contributed by atoms with E-state index in [1.165, 1.54) is 0 Å². The predicted molar refractivity (Wildman–Crippen MR) is 68.8 cm³/mol. The lowest BCUT2D eigenvalue weighted by Crippen LogP contribution is -2.05. The smallest absolute Gasteiger partial charge is 0.118 e. The molecule has 0 aliphatic rings. The summed E-state index contributed by atoms with van der Waals surface area (Å²) in [5.74, 6) is 0.852. The Bertz CT molecular complexity index is 492. The fourth-order valence-corrected chi connectivity index (χ4v) is 1.65. The van der Waals surface area contributed by atoms with Crippen LogP contribution in [0.25, 0.3) is 11.1 Å². The zero-order chi connectivity index (χ0) is 12.3. The second-order valence-corrected chi connectivity index (χ2v) is 4.02. The van der Waals surface area contributed by atoms with Crippen molar-refractivity contribution < 1.29 is 4.74 Å². The van der Waals surface area contributed by atoms with Crippen molar-refractivity contribution in [1.29, 1.82) is 0 Å². The predicted octanol–water partition coefficient (Wildman–Crippen LogP) is 2.78. The highest BCUT2D eigenvalue weighted by molar-refractivity contribution is 5.63. The molecule has 0 saturated carbocycles. The van der Waals surface area contributed by atoms with Gasteiger partial charge in [-0.15, -0.1) is 0 Å². The van der Waals surface area contributed by atoms with Crippen LogP contribution >= 0.6 is 0 Å². The van der Waals surface area contributed by atoms with E-state index in [9.17, 15) is 0 Å². The molecule has 0 amide bonds. The number of aromatic nitrogens is 1. The van der Waals surface area contributed by atoms with Crippen LogP contribution in [0.15, 0.2) is 42.7 Å². The van der Waals surface area contributed by atoms with Crippen LogP contribution in [0.1, 0.15) is 18.5 Å². The zero-order valence-corrected chi connectivity index (χ0v) is 10.1. The Labute approximate surface area is 101 Å². The first-order valence-corrected chi connectivity index (χ1v) is 5.55. The first-order valence-electron chi connectivity index (χ1n) is 5.55. The maximum absolute atomic E-state index is 5.85. The van der Waals surface area contributed by atoms with Gasteiger partial charge in [0.1, 0.15) is 5.75 Å². The monoisotopic (exact) mass is 228 g/mol. The molecular formula is C14H16N2O. The van der Waals surface area contributed by atoms with E-state index in [0.29, 0.717) is 0 Å². The fraction of sp³-hybridized carbons (Fsp3) is 0.214. The number of nitrogens with zero attached hydrogens (tertiary/aromatic N) is 1. The van der Waals surface area contributed by atoms with Gasteiger partial charge in [-0.05, 0) is 36.2 Å². The van der Waals surface area contributed by atoms with E-state index in [2.05, 4.69) is 11.1 Å². The number of rotatable bonds is 3. The quantitative estimate of drug-likeness (QED) is 0.878. The maximum Gasteiger partial charge on any atom is 0.118 e. The van der Waals surface area contributed by atoms with Gasteiger partial charge in [0, 0.05) is 24.0 Å². The van der Waals surface area contributed by atoms with Gasteiger partial charge in [0.2, 0.25) is 0 Å². The minimum absolute atomic E-state index is 0.000647. The summed E-state index contributed by atoms with van der Waals surface area (Å²) in [6, 6.07) is 9.98. The van der Waals surface area contributed by atoms with Crippen molar-refractivity contribution in [3.63, 3.8) is 0 Å². The highest BCUT2D eigenvalue weighted by Gasteiger charge is 2.03. The number of ether oxygens (including phenoxy) is 1. The third-order valence-corrected chi connectivity index (χ3v) is 2.71. The van der Waals surface area contributed by atoms with Gasteiger partial charge in [-0.25, -0.2) is 0 Å². The SMILES string of the molecule is COc1ccc(-c2cncc(C(C)N)c2)cc1. The summed E-state index contributed by atoms with van der Waals surface area (Å²) in [5, 5.41) is 0. The molecule has 3 heteroatoms. The normalized spacial score (nSPS) is 12.2. The zero-order valence-electron chi connectivity index (χ0n) is 10.1. The van der Waals surface area contributed by atoms with E-state index in [-0.39, 0.29) is 6.04 Å². The summed E-state index contributed by atoms with van der Waals surface area (Å²) in [7, 11) is 1.66. The van der Waals surface area contributed by atoms with Gasteiger partial charge in [-0.2, -0.15) is 0 Å². The van der Waals surface area contributed by atoms with Crippen LogP contribution in [-0.4, -0.2) is 12.1 Å². The molecule has 0 saturated heterocycles. The molecule has 0 fully saturated rings. The molecule has 3 nitrogen and oxygen atoms in total. The second-order valence-electron chi connectivity index (χ2n) is 4.02. The van der Waals surface area contributed by atoms with Crippen LogP contribution < -0.4 is 10.5 Å². The van der Waals surface area contributed by atoms with E-state index in [1.54, 1.807) is 13.3 Å². The highest BCUT2D eigenvalue weighted by atomic mass is 16.5. The van der Waals surface area contributed by atoms with Gasteiger partial charge < -0.3 is 10.5 Å². The van der Waals surface area contributed by atoms with Crippen LogP contribution in [0.4, 0.5) is 0 Å². The molecule has 1 unspecified atom stereocenters. The number of methoxy groups -OCH3 is 1. The number of benzene rings is 1. The summed E-state index contributed by atoms with van der Waals surface area (Å²) < 4.78 is 5.13. The van der Waals surface area contributed by atoms with Crippen molar-refractivity contribution in [2.24, 2.45) is 5.73 Å². The number of nitrogens with two attached hydrogens (primary N) is 1. The number of hydrogen-bond acceptors (Lipinski definition) is 3. The van der Waals surface area contributed by atoms with Gasteiger partial charge in [-0.1, -0.05) is 12.1 Å². The Morgan fingerprint density at radius 1 is 1.12 bits per heavy atom. The number of pyridine rings is 1. The molecule has 1 heterocycles. The van der Waals surface area contributed by atoms with Crippen molar-refractivity contribution in [3.8, 4) is 16.9 Å². The van der Waals surface area contributed by atoms with E-state index in [0.717, 1.165) is 22.4 Å². The summed E-state index contributed by atoms with van der Waals surface area (Å²) >= 11 is 0. The molecule has 1 atom stereocenters. The standard InChI is InChI=1S/C14H16N2O/c1-10(15)12-7-13(9-16-8-12)11-3-5-14(17-2)6-4-11/h3-10H,15H2,1-2H3. The van der Waals surface area contributed by atoms with Crippen LogP contribution in [0, 0.1) is 0 Å². The topological polar surface area (TPSA) is 48.1 Å². The molecule has 88 valence electrons. The Morgan fingerprint density at radius 2 is 1.82 bits per heavy atom. The van der Waals surface area contributed by atoms with E-state index < -0.39 is 0 Å². The third-order valence-electron chi connectivity index (χ3n) is 2.71. The fourth-order valence-electron chi connectivity index (χ4n) is 1.65. The molecule has 0 radical (unpaired) electrons. The third kappa shape index (κ3) is 2.63. The summed E-state index contributed by atoms with van der Waals surface area (Å²) in [5.41, 5.74) is 9.07. The maximum atomic E-state index is 5.85. The molecule has 17 heavy (non-hydrogen) atoms. The van der Waals surface area contributed by atoms with E-state index >= 15 is 0 Å². The lowest BCUT2D eigenvalue weighted by atomic mass is 10.0. The van der Waals surface area contributed by atoms with Crippen LogP contribution in [0.5, 0.6) is 5.75 Å². The summed E-state index contributed by atoms with van der Waals surface area (Å²) in [4.78, 5) is 4.21. The number of hydrogen-bond donors (Lipinski definition) is 1. The summed E-state index contributed by atoms with van der Waals surface area (Å²) in [6.07, 6.45) is 3.64. The minimum Gasteiger partial charge on any atom is -0.497 e. The molecular weight excluding hydrogens is 212 g/mol. The van der Waals surface area contributed by atoms with Crippen LogP contribution in [0.2, 0.25) is 0 Å². The molecule has 0 aliphatic heterocycles. The lowest BCUT2D eigenvalue weighted by Gasteiger charge is -2.08. The lowest BCUT2D eigenvalue weighted by molar-refractivity contribution is 0.415. The average molecular weight is 228 g/mol. The van der Waals surface area contributed by atoms with Gasteiger partial charge in [0.15, 0.2) is 0 Å². The highest BCUT2D eigenvalue weighted by Crippen LogP contribution is 2.23. The van der Waals surface area contributed by atoms with Crippen molar-refractivity contribution in [2.45, 2.75) is 13.0 Å². The molecule has 0 bridgehead atoms. The van der Waals surface area contributed by atoms with Crippen LogP contribution in [-0.2, 0) is 0 Å². The van der Waals surface area contributed by atoms with Gasteiger partial charge in [0.25, 0.3) is 0 Å². The Balaban J connectivity index is 2.35. The van der Waals surface area contributed by atoms with Crippen molar-refractivity contribution in [3.05, 3.63) is 48.3 Å². The molecule has 0 spiro atoms. The minimum atomic E-state index is 0.000647. The van der Waals surface area contributed by atoms with Crippen molar-refractivity contribution >= 4 is 0 Å². The van der Waals surface area contributed by atoms with Crippen molar-refractivity contribution in [1.82, 2.24) is 4.98 Å². The molecule has 2 aromatic rings. The van der Waals surface area contributed by atoms with Gasteiger partial charge in [0.05, 0.1) is 7.11 Å². The van der Waals surface area contributed by atoms with Crippen molar-refractivity contribution in [2.75, 3.05) is 7.11 Å². The summed E-state index contributed by atoms with van der Waals surface area (Å²) in [6.45, 7) is 1.95. The molecule has 0 aliphatic carbocycles. The Kier molecular flexibility index (Phi) is 3.40. The largest absolute Gasteiger partial charge is 0.497 e. The Morgan fingerprint density at radius 3 is 2.41 bits per heavy atom. The Hall–Kier alpha value is -1.87. The second kappa shape index (κ2) is 4.97. The average Bonchev–Trinajstić information content (AvgIpc) is 2.39. The molecule has 1 aromatic heterocycles. The van der Waals surface area contributed by atoms with E-state index in [1.807, 2.05) is 37.4 Å². The molecule has 1 aromatic carbocycles. The van der Waals surface area contributed by atoms with E-state index in [4.69, 9.17) is 10.5 Å². The first-order chi connectivity index (χ1) is 8.20.